The molecule has 3 rings (SSSR count). The molecule has 2 aliphatic heterocycles. The number of ether oxygens (including phenoxy) is 3. The zero-order valence-electron chi connectivity index (χ0n) is 13.0. The minimum Gasteiger partial charge on any atom is -0.486 e. The van der Waals surface area contributed by atoms with Gasteiger partial charge >= 0.3 is 0 Å². The molecule has 21 heavy (non-hydrogen) atoms. The van der Waals surface area contributed by atoms with Gasteiger partial charge in [0.05, 0.1) is 6.61 Å². The van der Waals surface area contributed by atoms with Crippen molar-refractivity contribution in [1.29, 1.82) is 0 Å². The van der Waals surface area contributed by atoms with Crippen molar-refractivity contribution in [1.82, 2.24) is 4.90 Å². The molecule has 4 nitrogen and oxygen atoms in total. The topological polar surface area (TPSA) is 30.9 Å². The summed E-state index contributed by atoms with van der Waals surface area (Å²) in [5.74, 6) is 1.72. The maximum absolute atomic E-state index is 6.06. The minimum absolute atomic E-state index is 0.116. The Morgan fingerprint density at radius 2 is 2.14 bits per heavy atom. The number of rotatable bonds is 4. The van der Waals surface area contributed by atoms with Crippen molar-refractivity contribution >= 4 is 0 Å². The first kappa shape index (κ1) is 14.7. The van der Waals surface area contributed by atoms with E-state index in [0.29, 0.717) is 6.61 Å². The molecule has 1 aromatic rings. The zero-order valence-corrected chi connectivity index (χ0v) is 13.0. The van der Waals surface area contributed by atoms with Crippen LogP contribution in [0.5, 0.6) is 11.5 Å². The molecule has 1 fully saturated rings. The summed E-state index contributed by atoms with van der Waals surface area (Å²) in [5, 5.41) is 0. The van der Waals surface area contributed by atoms with Crippen LogP contribution < -0.4 is 9.47 Å². The smallest absolute Gasteiger partial charge is 0.161 e. The first-order valence-corrected chi connectivity index (χ1v) is 7.78. The monoisotopic (exact) mass is 291 g/mol. The highest BCUT2D eigenvalue weighted by atomic mass is 16.6. The largest absolute Gasteiger partial charge is 0.486 e. The Labute approximate surface area is 127 Å². The summed E-state index contributed by atoms with van der Waals surface area (Å²) in [7, 11) is 1.79. The maximum Gasteiger partial charge on any atom is 0.161 e. The van der Waals surface area contributed by atoms with Gasteiger partial charge in [0.15, 0.2) is 11.5 Å². The summed E-state index contributed by atoms with van der Waals surface area (Å²) >= 11 is 0. The average molecular weight is 291 g/mol. The Bertz CT molecular complexity index is 475. The van der Waals surface area contributed by atoms with E-state index < -0.39 is 0 Å². The van der Waals surface area contributed by atoms with E-state index >= 15 is 0 Å². The van der Waals surface area contributed by atoms with Crippen LogP contribution in [0.4, 0.5) is 0 Å². The molecule has 0 bridgehead atoms. The quantitative estimate of drug-likeness (QED) is 0.853. The molecular weight excluding hydrogens is 266 g/mol. The molecule has 0 saturated carbocycles. The van der Waals surface area contributed by atoms with Crippen LogP contribution in [-0.4, -0.2) is 51.0 Å². The van der Waals surface area contributed by atoms with Crippen LogP contribution in [0.15, 0.2) is 24.3 Å². The van der Waals surface area contributed by atoms with Gasteiger partial charge in [0.2, 0.25) is 0 Å². The van der Waals surface area contributed by atoms with E-state index in [1.54, 1.807) is 7.11 Å². The highest BCUT2D eigenvalue weighted by Crippen LogP contribution is 2.33. The van der Waals surface area contributed by atoms with Gasteiger partial charge in [-0.25, -0.2) is 0 Å². The second kappa shape index (κ2) is 6.24. The number of likely N-dealkylation sites (tertiary alicyclic amines) is 1. The van der Waals surface area contributed by atoms with Gasteiger partial charge < -0.3 is 14.2 Å². The van der Waals surface area contributed by atoms with Crippen LogP contribution in [0.3, 0.4) is 0 Å². The van der Waals surface area contributed by atoms with Crippen molar-refractivity contribution in [3.05, 3.63) is 24.3 Å². The van der Waals surface area contributed by atoms with Crippen LogP contribution in [0, 0.1) is 5.41 Å². The number of fused-ring (bicyclic) bond motifs is 1. The fourth-order valence-corrected chi connectivity index (χ4v) is 3.49. The van der Waals surface area contributed by atoms with Gasteiger partial charge in [-0.1, -0.05) is 19.1 Å². The molecule has 0 aromatic heterocycles. The van der Waals surface area contributed by atoms with Crippen molar-refractivity contribution in [3.63, 3.8) is 0 Å². The molecular formula is C17H25NO3. The standard InChI is InChI=1S/C17H25NO3/c1-17(13-19-2)8-5-9-18(12-17)10-14-11-20-15-6-3-4-7-16(15)21-14/h3-4,6-7,14H,5,8-13H2,1-2H3. The Balaban J connectivity index is 1.58. The first-order chi connectivity index (χ1) is 10.2. The molecule has 2 atom stereocenters. The van der Waals surface area contributed by atoms with Gasteiger partial charge in [0.1, 0.15) is 12.7 Å². The van der Waals surface area contributed by atoms with Gasteiger partial charge in [-0.2, -0.15) is 0 Å². The van der Waals surface area contributed by atoms with Crippen molar-refractivity contribution < 1.29 is 14.2 Å². The molecule has 116 valence electrons. The number of piperidine rings is 1. The summed E-state index contributed by atoms with van der Waals surface area (Å²) in [4.78, 5) is 2.49. The fraction of sp³-hybridized carbons (Fsp3) is 0.647. The summed E-state index contributed by atoms with van der Waals surface area (Å²) < 4.78 is 17.3. The van der Waals surface area contributed by atoms with Crippen LogP contribution >= 0.6 is 0 Å². The normalized spacial score (nSPS) is 29.3. The molecule has 0 N–H and O–H groups in total. The predicted octanol–water partition coefficient (Wildman–Crippen LogP) is 2.57. The third kappa shape index (κ3) is 3.50. The van der Waals surface area contributed by atoms with Crippen molar-refractivity contribution in [2.24, 2.45) is 5.41 Å². The van der Waals surface area contributed by atoms with Crippen molar-refractivity contribution in [2.45, 2.75) is 25.9 Å². The minimum atomic E-state index is 0.116. The lowest BCUT2D eigenvalue weighted by molar-refractivity contribution is -0.00231. The molecule has 0 radical (unpaired) electrons. The Hall–Kier alpha value is -1.26. The number of methoxy groups -OCH3 is 1. The Morgan fingerprint density at radius 1 is 1.33 bits per heavy atom. The van der Waals surface area contributed by atoms with Gasteiger partial charge in [-0.15, -0.1) is 0 Å². The number of hydrogen-bond donors (Lipinski definition) is 0. The highest BCUT2D eigenvalue weighted by Gasteiger charge is 2.33. The zero-order chi connectivity index (χ0) is 14.7. The molecule has 4 heteroatoms. The molecule has 1 aromatic carbocycles. The van der Waals surface area contributed by atoms with E-state index in [1.165, 1.54) is 12.8 Å². The molecule has 0 spiro atoms. The number of hydrogen-bond acceptors (Lipinski definition) is 4. The second-order valence-electron chi connectivity index (χ2n) is 6.58. The predicted molar refractivity (Wildman–Crippen MR) is 82.0 cm³/mol. The number of nitrogens with zero attached hydrogens (tertiary/aromatic N) is 1. The number of para-hydroxylation sites is 2. The second-order valence-corrected chi connectivity index (χ2v) is 6.58. The van der Waals surface area contributed by atoms with Gasteiger partial charge in [-0.05, 0) is 31.5 Å². The highest BCUT2D eigenvalue weighted by molar-refractivity contribution is 5.40. The third-order valence-electron chi connectivity index (χ3n) is 4.38. The van der Waals surface area contributed by atoms with E-state index in [9.17, 15) is 0 Å². The molecule has 2 heterocycles. The lowest BCUT2D eigenvalue weighted by Gasteiger charge is -2.41. The summed E-state index contributed by atoms with van der Waals surface area (Å²) in [6, 6.07) is 7.90. The van der Waals surface area contributed by atoms with Gasteiger partial charge in [-0.3, -0.25) is 4.90 Å². The fourth-order valence-electron chi connectivity index (χ4n) is 3.49. The lowest BCUT2D eigenvalue weighted by atomic mass is 9.82. The molecule has 2 aliphatic rings. The van der Waals surface area contributed by atoms with Crippen LogP contribution in [0.25, 0.3) is 0 Å². The first-order valence-electron chi connectivity index (χ1n) is 7.78. The SMILES string of the molecule is COCC1(C)CCCN(CC2COc3ccccc3O2)C1. The summed E-state index contributed by atoms with van der Waals surface area (Å²) in [6.45, 7) is 6.91. The van der Waals surface area contributed by atoms with Crippen molar-refractivity contribution in [3.8, 4) is 11.5 Å². The Morgan fingerprint density at radius 3 is 2.95 bits per heavy atom. The van der Waals surface area contributed by atoms with E-state index in [2.05, 4.69) is 11.8 Å². The average Bonchev–Trinajstić information content (AvgIpc) is 2.47. The lowest BCUT2D eigenvalue weighted by Crippen LogP contribution is -2.49. The maximum atomic E-state index is 6.06. The van der Waals surface area contributed by atoms with Crippen molar-refractivity contribution in [2.75, 3.05) is 40.0 Å². The molecule has 1 saturated heterocycles. The van der Waals surface area contributed by atoms with Gasteiger partial charge in [0.25, 0.3) is 0 Å². The van der Waals surface area contributed by atoms with E-state index in [0.717, 1.165) is 37.7 Å². The molecule has 2 unspecified atom stereocenters. The summed E-state index contributed by atoms with van der Waals surface area (Å²) in [5.41, 5.74) is 0.264. The van der Waals surface area contributed by atoms with E-state index in [1.807, 2.05) is 24.3 Å². The molecule has 0 amide bonds. The molecule has 0 aliphatic carbocycles. The van der Waals surface area contributed by atoms with E-state index in [-0.39, 0.29) is 11.5 Å². The van der Waals surface area contributed by atoms with Crippen LogP contribution in [-0.2, 0) is 4.74 Å². The third-order valence-corrected chi connectivity index (χ3v) is 4.38. The van der Waals surface area contributed by atoms with Crippen LogP contribution in [0.2, 0.25) is 0 Å². The Kier molecular flexibility index (Phi) is 4.36. The number of benzene rings is 1. The van der Waals surface area contributed by atoms with E-state index in [4.69, 9.17) is 14.2 Å². The summed E-state index contributed by atoms with van der Waals surface area (Å²) in [6.07, 6.45) is 2.58. The van der Waals surface area contributed by atoms with Gasteiger partial charge in [0, 0.05) is 25.6 Å². The van der Waals surface area contributed by atoms with Crippen LogP contribution in [0.1, 0.15) is 19.8 Å².